The fourth-order valence-corrected chi connectivity index (χ4v) is 3.54. The minimum atomic E-state index is -3.35. The van der Waals surface area contributed by atoms with Gasteiger partial charge >= 0.3 is 0 Å². The average Bonchev–Trinajstić information content (AvgIpc) is 2.55. The fourth-order valence-electron chi connectivity index (χ4n) is 2.45. The third-order valence-electron chi connectivity index (χ3n) is 3.83. The highest BCUT2D eigenvalue weighted by Gasteiger charge is 2.30. The van der Waals surface area contributed by atoms with Crippen LogP contribution in [0.25, 0.3) is 0 Å². The molecule has 0 atom stereocenters. The van der Waals surface area contributed by atoms with Gasteiger partial charge in [0.1, 0.15) is 11.5 Å². The lowest BCUT2D eigenvalue weighted by molar-refractivity contribution is -0.384. The number of carbonyl (C=O) groups is 1. The van der Waals surface area contributed by atoms with Crippen LogP contribution >= 0.6 is 0 Å². The summed E-state index contributed by atoms with van der Waals surface area (Å²) in [5.74, 6) is -1.64. The van der Waals surface area contributed by atoms with Gasteiger partial charge in [-0.05, 0) is 13.0 Å². The molecule has 0 unspecified atom stereocenters. The number of rotatable bonds is 4. The Morgan fingerprint density at radius 1 is 1.33 bits per heavy atom. The maximum atomic E-state index is 13.5. The summed E-state index contributed by atoms with van der Waals surface area (Å²) in [6, 6.07) is 1.50. The van der Waals surface area contributed by atoms with E-state index in [0.717, 1.165) is 6.07 Å². The molecular weight excluding hydrogens is 343 g/mol. The molecule has 2 rings (SSSR count). The van der Waals surface area contributed by atoms with Gasteiger partial charge in [-0.15, -0.1) is 0 Å². The second kappa shape index (κ2) is 6.69. The molecule has 1 aliphatic heterocycles. The molecule has 24 heavy (non-hydrogen) atoms. The minimum Gasteiger partial charge on any atom is -0.393 e. The number of nitro groups is 1. The zero-order valence-corrected chi connectivity index (χ0v) is 13.8. The maximum Gasteiger partial charge on any atom is 0.295 e. The largest absolute Gasteiger partial charge is 0.393 e. The topological polar surface area (TPSA) is 127 Å². The molecule has 1 aromatic rings. The summed E-state index contributed by atoms with van der Waals surface area (Å²) in [5, 5.41) is 10.9. The Labute approximate surface area is 138 Å². The Balaban J connectivity index is 2.21. The number of amides is 1. The molecule has 1 amide bonds. The van der Waals surface area contributed by atoms with Crippen LogP contribution in [0.2, 0.25) is 0 Å². The van der Waals surface area contributed by atoms with Crippen LogP contribution in [0.15, 0.2) is 12.1 Å². The zero-order chi connectivity index (χ0) is 18.1. The summed E-state index contributed by atoms with van der Waals surface area (Å²) in [6.07, 6.45) is 0. The molecular formula is C13H17FN4O5S. The van der Waals surface area contributed by atoms with Crippen molar-refractivity contribution >= 4 is 27.3 Å². The standard InChI is InChI=1S/C13H17FN4O5S/c1-2-24(22,23)17-5-3-16(4-6-17)13(19)10-7-9(14)8-11(12(10)15)18(20)21/h7-8H,2-6,15H2,1H3. The SMILES string of the molecule is CCS(=O)(=O)N1CCN(C(=O)c2cc(F)cc([N+](=O)[O-])c2N)CC1. The van der Waals surface area contributed by atoms with Gasteiger partial charge in [-0.25, -0.2) is 12.8 Å². The molecule has 1 aliphatic rings. The number of anilines is 1. The monoisotopic (exact) mass is 360 g/mol. The van der Waals surface area contributed by atoms with E-state index in [-0.39, 0.29) is 37.5 Å². The Morgan fingerprint density at radius 2 is 1.92 bits per heavy atom. The first-order valence-electron chi connectivity index (χ1n) is 7.18. The van der Waals surface area contributed by atoms with Crippen molar-refractivity contribution in [1.29, 1.82) is 0 Å². The second-order valence-electron chi connectivity index (χ2n) is 5.24. The lowest BCUT2D eigenvalue weighted by Gasteiger charge is -2.34. The van der Waals surface area contributed by atoms with E-state index >= 15 is 0 Å². The number of piperazine rings is 1. The molecule has 0 radical (unpaired) electrons. The van der Waals surface area contributed by atoms with Crippen molar-refractivity contribution in [2.45, 2.75) is 6.92 Å². The molecule has 11 heteroatoms. The van der Waals surface area contributed by atoms with Crippen LogP contribution in [-0.4, -0.2) is 60.4 Å². The van der Waals surface area contributed by atoms with Gasteiger partial charge in [0.25, 0.3) is 11.6 Å². The number of nitro benzene ring substituents is 1. The summed E-state index contributed by atoms with van der Waals surface area (Å²) < 4.78 is 38.4. The number of carbonyl (C=O) groups excluding carboxylic acids is 1. The summed E-state index contributed by atoms with van der Waals surface area (Å²) in [4.78, 5) is 23.8. The number of hydrogen-bond acceptors (Lipinski definition) is 6. The lowest BCUT2D eigenvalue weighted by atomic mass is 10.1. The van der Waals surface area contributed by atoms with Gasteiger partial charge in [0.2, 0.25) is 10.0 Å². The summed E-state index contributed by atoms with van der Waals surface area (Å²) in [7, 11) is -3.35. The first-order valence-corrected chi connectivity index (χ1v) is 8.78. The number of benzene rings is 1. The van der Waals surface area contributed by atoms with Crippen molar-refractivity contribution in [3.8, 4) is 0 Å². The molecule has 1 saturated heterocycles. The van der Waals surface area contributed by atoms with E-state index in [1.807, 2.05) is 0 Å². The van der Waals surface area contributed by atoms with Gasteiger partial charge in [0, 0.05) is 26.2 Å². The highest BCUT2D eigenvalue weighted by Crippen LogP contribution is 2.28. The van der Waals surface area contributed by atoms with Crippen LogP contribution in [0.1, 0.15) is 17.3 Å². The first kappa shape index (κ1) is 18.1. The Kier molecular flexibility index (Phi) is 5.04. The fraction of sp³-hybridized carbons (Fsp3) is 0.462. The predicted molar refractivity (Wildman–Crippen MR) is 84.4 cm³/mol. The van der Waals surface area contributed by atoms with Crippen LogP contribution in [0, 0.1) is 15.9 Å². The third kappa shape index (κ3) is 3.46. The van der Waals surface area contributed by atoms with Crippen molar-refractivity contribution in [2.24, 2.45) is 0 Å². The van der Waals surface area contributed by atoms with Gasteiger partial charge in [-0.2, -0.15) is 4.31 Å². The van der Waals surface area contributed by atoms with E-state index in [2.05, 4.69) is 0 Å². The van der Waals surface area contributed by atoms with Gasteiger partial charge in [0.15, 0.2) is 0 Å². The molecule has 1 aromatic carbocycles. The quantitative estimate of drug-likeness (QED) is 0.471. The molecule has 0 bridgehead atoms. The van der Waals surface area contributed by atoms with E-state index < -0.39 is 38.0 Å². The number of halogens is 1. The van der Waals surface area contributed by atoms with Crippen LogP contribution < -0.4 is 5.73 Å². The highest BCUT2D eigenvalue weighted by molar-refractivity contribution is 7.89. The highest BCUT2D eigenvalue weighted by atomic mass is 32.2. The lowest BCUT2D eigenvalue weighted by Crippen LogP contribution is -2.51. The summed E-state index contributed by atoms with van der Waals surface area (Å²) in [5.41, 5.74) is 4.24. The van der Waals surface area contributed by atoms with Crippen molar-refractivity contribution in [3.05, 3.63) is 33.6 Å². The van der Waals surface area contributed by atoms with E-state index in [9.17, 15) is 27.7 Å². The number of nitrogens with two attached hydrogens (primary N) is 1. The van der Waals surface area contributed by atoms with Crippen molar-refractivity contribution in [2.75, 3.05) is 37.7 Å². The molecule has 1 heterocycles. The van der Waals surface area contributed by atoms with E-state index in [0.29, 0.717) is 6.07 Å². The first-order chi connectivity index (χ1) is 11.2. The average molecular weight is 360 g/mol. The summed E-state index contributed by atoms with van der Waals surface area (Å²) >= 11 is 0. The van der Waals surface area contributed by atoms with Crippen LogP contribution in [0.4, 0.5) is 15.8 Å². The number of nitrogens with zero attached hydrogens (tertiary/aromatic N) is 3. The molecule has 1 fully saturated rings. The van der Waals surface area contributed by atoms with Crippen LogP contribution in [-0.2, 0) is 10.0 Å². The smallest absolute Gasteiger partial charge is 0.295 e. The van der Waals surface area contributed by atoms with Gasteiger partial charge in [-0.1, -0.05) is 0 Å². The second-order valence-corrected chi connectivity index (χ2v) is 7.49. The Morgan fingerprint density at radius 3 is 2.42 bits per heavy atom. The van der Waals surface area contributed by atoms with Gasteiger partial charge in [-0.3, -0.25) is 14.9 Å². The van der Waals surface area contributed by atoms with Crippen molar-refractivity contribution < 1.29 is 22.5 Å². The number of nitrogen functional groups attached to an aromatic ring is 1. The van der Waals surface area contributed by atoms with E-state index in [1.165, 1.54) is 16.1 Å². The molecule has 0 spiro atoms. The molecule has 9 nitrogen and oxygen atoms in total. The van der Waals surface area contributed by atoms with Crippen LogP contribution in [0.5, 0.6) is 0 Å². The normalized spacial score (nSPS) is 16.2. The van der Waals surface area contributed by atoms with Gasteiger partial charge < -0.3 is 10.6 Å². The predicted octanol–water partition coefficient (Wildman–Crippen LogP) is 0.424. The minimum absolute atomic E-state index is 0.0377. The zero-order valence-electron chi connectivity index (χ0n) is 12.9. The number of hydrogen-bond donors (Lipinski definition) is 1. The van der Waals surface area contributed by atoms with E-state index in [1.54, 1.807) is 0 Å². The molecule has 0 aliphatic carbocycles. The Bertz CT molecular complexity index is 775. The third-order valence-corrected chi connectivity index (χ3v) is 5.72. The van der Waals surface area contributed by atoms with Crippen LogP contribution in [0.3, 0.4) is 0 Å². The molecule has 0 aromatic heterocycles. The molecule has 0 saturated carbocycles. The van der Waals surface area contributed by atoms with Crippen molar-refractivity contribution in [1.82, 2.24) is 9.21 Å². The number of sulfonamides is 1. The van der Waals surface area contributed by atoms with Gasteiger partial charge in [0.05, 0.1) is 22.3 Å². The summed E-state index contributed by atoms with van der Waals surface area (Å²) in [6.45, 7) is 1.95. The van der Waals surface area contributed by atoms with E-state index in [4.69, 9.17) is 5.73 Å². The Hall–Kier alpha value is -2.27. The molecule has 132 valence electrons. The maximum absolute atomic E-state index is 13.5. The molecule has 2 N–H and O–H groups in total. The van der Waals surface area contributed by atoms with Crippen molar-refractivity contribution in [3.63, 3.8) is 0 Å².